The van der Waals surface area contributed by atoms with Gasteiger partial charge in [0.05, 0.1) is 3.79 Å². The highest BCUT2D eigenvalue weighted by Crippen LogP contribution is 2.22. The predicted octanol–water partition coefficient (Wildman–Crippen LogP) is 3.41. The first kappa shape index (κ1) is 15.5. The number of thiophene rings is 1. The average Bonchev–Trinajstić information content (AvgIpc) is 2.70. The van der Waals surface area contributed by atoms with Crippen LogP contribution in [0.2, 0.25) is 0 Å². The number of hydrogen-bond acceptors (Lipinski definition) is 4. The van der Waals surface area contributed by atoms with Gasteiger partial charge in [-0.1, -0.05) is 6.92 Å². The summed E-state index contributed by atoms with van der Waals surface area (Å²) in [7, 11) is 2.17. The van der Waals surface area contributed by atoms with Crippen LogP contribution in [0.1, 0.15) is 18.9 Å². The molecule has 1 aromatic heterocycles. The quantitative estimate of drug-likeness (QED) is 0.737. The molecule has 5 heteroatoms. The lowest BCUT2D eigenvalue weighted by Gasteiger charge is -2.26. The van der Waals surface area contributed by atoms with Crippen LogP contribution in [0, 0.1) is 0 Å². The molecule has 0 aliphatic carbocycles. The number of nitrogens with zero attached hydrogens (tertiary/aromatic N) is 1. The molecule has 0 spiro atoms. The third-order valence-electron chi connectivity index (χ3n) is 2.75. The minimum Gasteiger partial charge on any atom is -0.329 e. The van der Waals surface area contributed by atoms with Crippen LogP contribution >= 0.6 is 39.0 Å². The van der Waals surface area contributed by atoms with E-state index in [9.17, 15) is 0 Å². The molecule has 2 nitrogen and oxygen atoms in total. The van der Waals surface area contributed by atoms with Crippen molar-refractivity contribution in [2.45, 2.75) is 25.9 Å². The topological polar surface area (TPSA) is 29.3 Å². The molecule has 0 aromatic carbocycles. The molecular weight excluding hydrogens is 316 g/mol. The van der Waals surface area contributed by atoms with Crippen LogP contribution in [-0.4, -0.2) is 36.0 Å². The molecule has 0 saturated heterocycles. The van der Waals surface area contributed by atoms with E-state index in [1.54, 1.807) is 11.3 Å². The smallest absolute Gasteiger partial charge is 0.0701 e. The van der Waals surface area contributed by atoms with Crippen LogP contribution in [0.25, 0.3) is 0 Å². The second-order valence-corrected chi connectivity index (χ2v) is 7.73. The van der Waals surface area contributed by atoms with E-state index >= 15 is 0 Å². The summed E-state index contributed by atoms with van der Waals surface area (Å²) in [6.45, 7) is 3.93. The minimum absolute atomic E-state index is 0.493. The van der Waals surface area contributed by atoms with Crippen molar-refractivity contribution in [2.24, 2.45) is 5.73 Å². The summed E-state index contributed by atoms with van der Waals surface area (Å²) in [6, 6.07) is 2.68. The second-order valence-electron chi connectivity index (χ2n) is 4.05. The van der Waals surface area contributed by atoms with Crippen LogP contribution in [0.3, 0.4) is 0 Å². The Balaban J connectivity index is 2.40. The number of likely N-dealkylation sites (N-methyl/N-ethyl adjacent to an activating group) is 1. The van der Waals surface area contributed by atoms with Gasteiger partial charge in [0.15, 0.2) is 0 Å². The van der Waals surface area contributed by atoms with Crippen LogP contribution in [-0.2, 0) is 6.54 Å². The van der Waals surface area contributed by atoms with Gasteiger partial charge in [0.2, 0.25) is 0 Å². The Morgan fingerprint density at radius 3 is 2.88 bits per heavy atom. The second kappa shape index (κ2) is 8.53. The largest absolute Gasteiger partial charge is 0.329 e. The standard InChI is InChI=1S/C12H21BrN2S2/c1-3-16-5-4-11(7-14)15(2)8-10-6-12(13)17-9-10/h6,9,11H,3-5,7-8,14H2,1-2H3. The van der Waals surface area contributed by atoms with Crippen molar-refractivity contribution in [3.63, 3.8) is 0 Å². The molecule has 17 heavy (non-hydrogen) atoms. The van der Waals surface area contributed by atoms with Crippen LogP contribution in [0.5, 0.6) is 0 Å². The average molecular weight is 337 g/mol. The maximum Gasteiger partial charge on any atom is 0.0701 e. The third kappa shape index (κ3) is 5.75. The molecule has 0 amide bonds. The number of halogens is 1. The number of thioether (sulfide) groups is 1. The van der Waals surface area contributed by atoms with E-state index in [4.69, 9.17) is 5.73 Å². The van der Waals surface area contributed by atoms with E-state index < -0.39 is 0 Å². The minimum atomic E-state index is 0.493. The van der Waals surface area contributed by atoms with Gasteiger partial charge in [0.1, 0.15) is 0 Å². The Morgan fingerprint density at radius 1 is 1.59 bits per heavy atom. The lowest BCUT2D eigenvalue weighted by molar-refractivity contribution is 0.234. The zero-order valence-electron chi connectivity index (χ0n) is 10.5. The molecule has 0 aliphatic rings. The maximum atomic E-state index is 5.86. The first-order chi connectivity index (χ1) is 8.17. The predicted molar refractivity (Wildman–Crippen MR) is 83.9 cm³/mol. The number of rotatable bonds is 8. The van der Waals surface area contributed by atoms with Gasteiger partial charge in [-0.05, 0) is 57.9 Å². The summed E-state index contributed by atoms with van der Waals surface area (Å²) in [4.78, 5) is 2.37. The molecule has 0 saturated carbocycles. The first-order valence-corrected chi connectivity index (χ1v) is 8.71. The normalized spacial score (nSPS) is 13.2. The molecule has 0 fully saturated rings. The van der Waals surface area contributed by atoms with E-state index in [1.807, 2.05) is 11.8 Å². The Bertz CT molecular complexity index is 317. The van der Waals surface area contributed by atoms with E-state index in [1.165, 1.54) is 27.3 Å². The van der Waals surface area contributed by atoms with Crippen molar-refractivity contribution in [1.29, 1.82) is 0 Å². The zero-order valence-corrected chi connectivity index (χ0v) is 13.7. The van der Waals surface area contributed by atoms with E-state index in [-0.39, 0.29) is 0 Å². The Morgan fingerprint density at radius 2 is 2.35 bits per heavy atom. The van der Waals surface area contributed by atoms with E-state index in [0.29, 0.717) is 6.04 Å². The first-order valence-electron chi connectivity index (χ1n) is 5.88. The van der Waals surface area contributed by atoms with Crippen molar-refractivity contribution in [3.8, 4) is 0 Å². The van der Waals surface area contributed by atoms with Crippen molar-refractivity contribution >= 4 is 39.0 Å². The monoisotopic (exact) mass is 336 g/mol. The number of nitrogens with two attached hydrogens (primary N) is 1. The molecule has 1 rings (SSSR count). The van der Waals surface area contributed by atoms with Gasteiger partial charge in [0.25, 0.3) is 0 Å². The molecule has 1 aromatic rings. The Kier molecular flexibility index (Phi) is 7.78. The van der Waals surface area contributed by atoms with Crippen molar-refractivity contribution < 1.29 is 0 Å². The highest BCUT2D eigenvalue weighted by Gasteiger charge is 2.13. The number of hydrogen-bond donors (Lipinski definition) is 1. The van der Waals surface area contributed by atoms with E-state index in [0.717, 1.165) is 13.1 Å². The van der Waals surface area contributed by atoms with Crippen molar-refractivity contribution in [2.75, 3.05) is 25.1 Å². The van der Waals surface area contributed by atoms with E-state index in [2.05, 4.69) is 46.2 Å². The van der Waals surface area contributed by atoms with Crippen molar-refractivity contribution in [3.05, 3.63) is 20.8 Å². The van der Waals surface area contributed by atoms with Gasteiger partial charge in [-0.15, -0.1) is 11.3 Å². The molecule has 0 aliphatic heterocycles. The zero-order chi connectivity index (χ0) is 12.7. The fourth-order valence-corrected chi connectivity index (χ4v) is 3.66. The van der Waals surface area contributed by atoms with Gasteiger partial charge < -0.3 is 5.73 Å². The highest BCUT2D eigenvalue weighted by molar-refractivity contribution is 9.11. The summed E-state index contributed by atoms with van der Waals surface area (Å²) >= 11 is 7.23. The third-order valence-corrected chi connectivity index (χ3v) is 5.23. The fourth-order valence-electron chi connectivity index (χ4n) is 1.73. The molecular formula is C12H21BrN2S2. The summed E-state index contributed by atoms with van der Waals surface area (Å²) in [5.74, 6) is 2.40. The molecule has 0 bridgehead atoms. The van der Waals surface area contributed by atoms with Gasteiger partial charge in [-0.2, -0.15) is 11.8 Å². The summed E-state index contributed by atoms with van der Waals surface area (Å²) in [6.07, 6.45) is 1.18. The fraction of sp³-hybridized carbons (Fsp3) is 0.667. The lowest BCUT2D eigenvalue weighted by atomic mass is 10.2. The van der Waals surface area contributed by atoms with Crippen molar-refractivity contribution in [1.82, 2.24) is 4.90 Å². The lowest BCUT2D eigenvalue weighted by Crippen LogP contribution is -2.37. The summed E-state index contributed by atoms with van der Waals surface area (Å²) in [5.41, 5.74) is 7.22. The van der Waals surface area contributed by atoms with Crippen LogP contribution in [0.4, 0.5) is 0 Å². The van der Waals surface area contributed by atoms with Gasteiger partial charge in [-0.3, -0.25) is 4.90 Å². The molecule has 98 valence electrons. The maximum absolute atomic E-state index is 5.86. The SMILES string of the molecule is CCSCCC(CN)N(C)Cc1csc(Br)c1. The molecule has 1 atom stereocenters. The molecule has 1 unspecified atom stereocenters. The Labute approximate surface area is 121 Å². The summed E-state index contributed by atoms with van der Waals surface area (Å²) in [5, 5.41) is 2.20. The highest BCUT2D eigenvalue weighted by atomic mass is 79.9. The Hall–Kier alpha value is 0.450. The van der Waals surface area contributed by atoms with Crippen LogP contribution < -0.4 is 5.73 Å². The molecule has 0 radical (unpaired) electrons. The summed E-state index contributed by atoms with van der Waals surface area (Å²) < 4.78 is 1.20. The van der Waals surface area contributed by atoms with Gasteiger partial charge >= 0.3 is 0 Å². The molecule has 1 heterocycles. The van der Waals surface area contributed by atoms with Crippen LogP contribution in [0.15, 0.2) is 15.2 Å². The van der Waals surface area contributed by atoms with Gasteiger partial charge in [-0.25, -0.2) is 0 Å². The molecule has 2 N–H and O–H groups in total. The van der Waals surface area contributed by atoms with Gasteiger partial charge in [0, 0.05) is 19.1 Å².